The van der Waals surface area contributed by atoms with Gasteiger partial charge >= 0.3 is 0 Å². The lowest BCUT2D eigenvalue weighted by Gasteiger charge is -2.33. The van der Waals surface area contributed by atoms with Crippen LogP contribution in [0.25, 0.3) is 0 Å². The van der Waals surface area contributed by atoms with Crippen LogP contribution < -0.4 is 5.32 Å². The Labute approximate surface area is 164 Å². The van der Waals surface area contributed by atoms with Gasteiger partial charge in [0.15, 0.2) is 5.96 Å². The predicted molar refractivity (Wildman–Crippen MR) is 113 cm³/mol. The van der Waals surface area contributed by atoms with E-state index in [1.54, 1.807) is 0 Å². The van der Waals surface area contributed by atoms with Crippen LogP contribution in [0.3, 0.4) is 0 Å². The summed E-state index contributed by atoms with van der Waals surface area (Å²) in [4.78, 5) is 9.62. The molecule has 1 saturated heterocycles. The first-order valence-corrected chi connectivity index (χ1v) is 8.95. The first-order valence-electron chi connectivity index (χ1n) is 8.95. The van der Waals surface area contributed by atoms with Crippen LogP contribution in [0.4, 0.5) is 0 Å². The molecule has 2 rings (SSSR count). The van der Waals surface area contributed by atoms with Crippen molar-refractivity contribution in [3.63, 3.8) is 0 Å². The van der Waals surface area contributed by atoms with Gasteiger partial charge in [-0.1, -0.05) is 6.42 Å². The van der Waals surface area contributed by atoms with Gasteiger partial charge in [-0.05, 0) is 45.4 Å². The second-order valence-corrected chi connectivity index (χ2v) is 6.58. The fourth-order valence-electron chi connectivity index (χ4n) is 3.22. The van der Waals surface area contributed by atoms with Crippen molar-refractivity contribution in [1.82, 2.24) is 19.7 Å². The molecule has 138 valence electrons. The molecule has 0 aliphatic carbocycles. The summed E-state index contributed by atoms with van der Waals surface area (Å²) in [5.74, 6) is 0.998. The lowest BCUT2D eigenvalue weighted by Crippen LogP contribution is -2.41. The molecule has 0 saturated carbocycles. The molecule has 2 heterocycles. The van der Waals surface area contributed by atoms with E-state index < -0.39 is 0 Å². The highest BCUT2D eigenvalue weighted by atomic mass is 127. The molecule has 1 N–H and O–H groups in total. The molecule has 0 amide bonds. The standard InChI is InChI=1S/C18H33N5.HI/c1-5-19-18(22(4)15-17-10-8-12-21(17)3)20-11-14-23-13-7-6-9-16(23)2;/h8,10,12,16H,5-7,9,11,13-15H2,1-4H3,(H,19,20);1H. The zero-order valence-corrected chi connectivity index (χ0v) is 18.0. The monoisotopic (exact) mass is 447 g/mol. The normalized spacial score (nSPS) is 19.0. The van der Waals surface area contributed by atoms with Crippen LogP contribution in [0.15, 0.2) is 23.3 Å². The molecule has 6 heteroatoms. The summed E-state index contributed by atoms with van der Waals surface area (Å²) in [6.07, 6.45) is 6.13. The molecular formula is C18H34IN5. The summed E-state index contributed by atoms with van der Waals surface area (Å²) >= 11 is 0. The molecule has 1 aliphatic heterocycles. The maximum absolute atomic E-state index is 4.83. The largest absolute Gasteiger partial charge is 0.357 e. The van der Waals surface area contributed by atoms with Crippen molar-refractivity contribution < 1.29 is 0 Å². The van der Waals surface area contributed by atoms with Crippen LogP contribution in [-0.4, -0.2) is 59.6 Å². The highest BCUT2D eigenvalue weighted by Crippen LogP contribution is 2.15. The van der Waals surface area contributed by atoms with Gasteiger partial charge in [-0.3, -0.25) is 9.89 Å². The predicted octanol–water partition coefficient (Wildman–Crippen LogP) is 2.91. The lowest BCUT2D eigenvalue weighted by molar-refractivity contribution is 0.165. The van der Waals surface area contributed by atoms with Crippen molar-refractivity contribution in [2.45, 2.75) is 45.7 Å². The topological polar surface area (TPSA) is 35.8 Å². The fraction of sp³-hybridized carbons (Fsp3) is 0.722. The number of halogens is 1. The van der Waals surface area contributed by atoms with Crippen LogP contribution in [0.1, 0.15) is 38.8 Å². The van der Waals surface area contributed by atoms with E-state index >= 15 is 0 Å². The molecule has 5 nitrogen and oxygen atoms in total. The second-order valence-electron chi connectivity index (χ2n) is 6.58. The van der Waals surface area contributed by atoms with Gasteiger partial charge in [0.05, 0.1) is 13.1 Å². The molecule has 1 aliphatic rings. The molecule has 0 spiro atoms. The number of aromatic nitrogens is 1. The van der Waals surface area contributed by atoms with Gasteiger partial charge in [-0.2, -0.15) is 0 Å². The van der Waals surface area contributed by atoms with E-state index in [-0.39, 0.29) is 24.0 Å². The Morgan fingerprint density at radius 3 is 2.83 bits per heavy atom. The van der Waals surface area contributed by atoms with Crippen molar-refractivity contribution in [3.05, 3.63) is 24.0 Å². The number of guanidine groups is 1. The van der Waals surface area contributed by atoms with Crippen molar-refractivity contribution in [1.29, 1.82) is 0 Å². The van der Waals surface area contributed by atoms with Crippen molar-refractivity contribution >= 4 is 29.9 Å². The number of hydrogen-bond donors (Lipinski definition) is 1. The van der Waals surface area contributed by atoms with Crippen molar-refractivity contribution in [3.8, 4) is 0 Å². The van der Waals surface area contributed by atoms with E-state index in [2.05, 4.69) is 66.0 Å². The molecule has 1 aromatic heterocycles. The van der Waals surface area contributed by atoms with E-state index in [9.17, 15) is 0 Å². The van der Waals surface area contributed by atoms with Crippen LogP contribution in [0, 0.1) is 0 Å². The van der Waals surface area contributed by atoms with E-state index in [4.69, 9.17) is 4.99 Å². The number of piperidine rings is 1. The van der Waals surface area contributed by atoms with Gasteiger partial charge in [-0.15, -0.1) is 24.0 Å². The van der Waals surface area contributed by atoms with Gasteiger partial charge < -0.3 is 14.8 Å². The number of likely N-dealkylation sites (tertiary alicyclic amines) is 1. The van der Waals surface area contributed by atoms with Gasteiger partial charge in [0.25, 0.3) is 0 Å². The second kappa shape index (κ2) is 11.0. The Kier molecular flexibility index (Phi) is 9.73. The lowest BCUT2D eigenvalue weighted by atomic mass is 10.0. The molecule has 1 aromatic rings. The third-order valence-corrected chi connectivity index (χ3v) is 4.74. The Balaban J connectivity index is 0.00000288. The molecule has 0 bridgehead atoms. The Morgan fingerprint density at radius 2 is 2.21 bits per heavy atom. The molecule has 1 unspecified atom stereocenters. The fourth-order valence-corrected chi connectivity index (χ4v) is 3.22. The number of hydrogen-bond acceptors (Lipinski definition) is 2. The average molecular weight is 447 g/mol. The van der Waals surface area contributed by atoms with Gasteiger partial charge in [0.1, 0.15) is 0 Å². The quantitative estimate of drug-likeness (QED) is 0.414. The first-order chi connectivity index (χ1) is 11.1. The number of nitrogens with one attached hydrogen (secondary N) is 1. The smallest absolute Gasteiger partial charge is 0.194 e. The van der Waals surface area contributed by atoms with Crippen LogP contribution in [0.2, 0.25) is 0 Å². The van der Waals surface area contributed by atoms with E-state index in [0.717, 1.165) is 32.1 Å². The van der Waals surface area contributed by atoms with Crippen molar-refractivity contribution in [2.75, 3.05) is 33.2 Å². The minimum Gasteiger partial charge on any atom is -0.357 e. The maximum atomic E-state index is 4.83. The Bertz CT molecular complexity index is 499. The molecule has 1 atom stereocenters. The average Bonchev–Trinajstić information content (AvgIpc) is 2.93. The molecule has 0 aromatic carbocycles. The summed E-state index contributed by atoms with van der Waals surface area (Å²) in [7, 11) is 4.20. The molecule has 1 fully saturated rings. The van der Waals surface area contributed by atoms with Crippen LogP contribution >= 0.6 is 24.0 Å². The minimum absolute atomic E-state index is 0. The van der Waals surface area contributed by atoms with E-state index in [1.165, 1.54) is 31.5 Å². The van der Waals surface area contributed by atoms with Crippen LogP contribution in [0.5, 0.6) is 0 Å². The highest BCUT2D eigenvalue weighted by molar-refractivity contribution is 14.0. The summed E-state index contributed by atoms with van der Waals surface area (Å²) in [6, 6.07) is 4.96. The van der Waals surface area contributed by atoms with Gasteiger partial charge in [0.2, 0.25) is 0 Å². The minimum atomic E-state index is 0. The Morgan fingerprint density at radius 1 is 1.42 bits per heavy atom. The SMILES string of the molecule is CCNC(=NCCN1CCCCC1C)N(C)Cc1cccn1C.I. The first kappa shape index (κ1) is 21.3. The molecule has 0 radical (unpaired) electrons. The maximum Gasteiger partial charge on any atom is 0.194 e. The van der Waals surface area contributed by atoms with Gasteiger partial charge in [0, 0.05) is 45.1 Å². The number of rotatable bonds is 6. The highest BCUT2D eigenvalue weighted by Gasteiger charge is 2.17. The zero-order valence-electron chi connectivity index (χ0n) is 15.7. The van der Waals surface area contributed by atoms with E-state index in [1.807, 2.05) is 0 Å². The van der Waals surface area contributed by atoms with Gasteiger partial charge in [-0.25, -0.2) is 0 Å². The summed E-state index contributed by atoms with van der Waals surface area (Å²) < 4.78 is 2.16. The number of aryl methyl sites for hydroxylation is 1. The Hall–Kier alpha value is -0.760. The van der Waals surface area contributed by atoms with Crippen molar-refractivity contribution in [2.24, 2.45) is 12.0 Å². The summed E-state index contributed by atoms with van der Waals surface area (Å²) in [5, 5.41) is 3.41. The third kappa shape index (κ3) is 6.27. The van der Waals surface area contributed by atoms with Crippen LogP contribution in [-0.2, 0) is 13.6 Å². The summed E-state index contributed by atoms with van der Waals surface area (Å²) in [5.41, 5.74) is 1.29. The van der Waals surface area contributed by atoms with E-state index in [0.29, 0.717) is 6.04 Å². The molecular weight excluding hydrogens is 413 g/mol. The molecule has 24 heavy (non-hydrogen) atoms. The third-order valence-electron chi connectivity index (χ3n) is 4.74. The number of aliphatic imine (C=N–C) groups is 1. The summed E-state index contributed by atoms with van der Waals surface area (Å²) in [6.45, 7) is 9.39. The number of nitrogens with zero attached hydrogens (tertiary/aromatic N) is 4. The zero-order chi connectivity index (χ0) is 16.7.